The molecule has 0 saturated carbocycles. The molecule has 0 radical (unpaired) electrons. The van der Waals surface area contributed by atoms with Crippen molar-refractivity contribution in [2.24, 2.45) is 5.73 Å². The van der Waals surface area contributed by atoms with Crippen LogP contribution in [0.1, 0.15) is 21.5 Å². The van der Waals surface area contributed by atoms with Crippen LogP contribution < -0.4 is 10.6 Å². The van der Waals surface area contributed by atoms with Crippen LogP contribution in [0.3, 0.4) is 0 Å². The molecule has 4 nitrogen and oxygen atoms in total. The molecule has 1 aliphatic rings. The van der Waals surface area contributed by atoms with Crippen LogP contribution >= 0.6 is 0 Å². The van der Waals surface area contributed by atoms with E-state index in [-0.39, 0.29) is 5.91 Å². The summed E-state index contributed by atoms with van der Waals surface area (Å²) < 4.78 is 0. The number of amides is 2. The number of aryl methyl sites for hydroxylation is 1. The van der Waals surface area contributed by atoms with Gasteiger partial charge in [0.05, 0.1) is 0 Å². The standard InChI is InChI=1S/C17H16N2O2/c1-11-5-4-7-13(9-11)17(21)19-14-8-3-2-6-12(14)10-15(19)16(18)20/h2-9,15H,10H2,1H3,(H2,18,20). The number of primary amides is 1. The van der Waals surface area contributed by atoms with Crippen molar-refractivity contribution in [2.75, 3.05) is 4.90 Å². The van der Waals surface area contributed by atoms with E-state index in [1.807, 2.05) is 49.4 Å². The zero-order valence-corrected chi connectivity index (χ0v) is 11.7. The van der Waals surface area contributed by atoms with Crippen molar-refractivity contribution < 1.29 is 9.59 Å². The number of nitrogens with zero attached hydrogens (tertiary/aromatic N) is 1. The van der Waals surface area contributed by atoms with Gasteiger partial charge in [0.25, 0.3) is 5.91 Å². The number of fused-ring (bicyclic) bond motifs is 1. The summed E-state index contributed by atoms with van der Waals surface area (Å²) in [7, 11) is 0. The molecular weight excluding hydrogens is 264 g/mol. The third kappa shape index (κ3) is 2.29. The Morgan fingerprint density at radius 3 is 2.62 bits per heavy atom. The maximum Gasteiger partial charge on any atom is 0.259 e. The molecule has 0 fully saturated rings. The highest BCUT2D eigenvalue weighted by Crippen LogP contribution is 2.33. The first-order chi connectivity index (χ1) is 10.1. The molecular formula is C17H16N2O2. The van der Waals surface area contributed by atoms with E-state index in [4.69, 9.17) is 5.73 Å². The Balaban J connectivity index is 2.05. The molecule has 4 heteroatoms. The first kappa shape index (κ1) is 13.4. The molecule has 2 amide bonds. The van der Waals surface area contributed by atoms with Crippen molar-refractivity contribution in [3.63, 3.8) is 0 Å². The van der Waals surface area contributed by atoms with Crippen molar-refractivity contribution in [3.05, 3.63) is 65.2 Å². The summed E-state index contributed by atoms with van der Waals surface area (Å²) in [6, 6.07) is 14.3. The lowest BCUT2D eigenvalue weighted by molar-refractivity contribution is -0.119. The van der Waals surface area contributed by atoms with Crippen molar-refractivity contribution in [2.45, 2.75) is 19.4 Å². The second-order valence-electron chi connectivity index (χ2n) is 5.30. The van der Waals surface area contributed by atoms with Gasteiger partial charge in [0.15, 0.2) is 0 Å². The van der Waals surface area contributed by atoms with Gasteiger partial charge in [-0.2, -0.15) is 0 Å². The molecule has 2 N–H and O–H groups in total. The second-order valence-corrected chi connectivity index (χ2v) is 5.30. The van der Waals surface area contributed by atoms with Crippen molar-refractivity contribution in [3.8, 4) is 0 Å². The lowest BCUT2D eigenvalue weighted by Gasteiger charge is -2.23. The number of carbonyl (C=O) groups is 2. The molecule has 2 aromatic carbocycles. The Kier molecular flexibility index (Phi) is 3.22. The van der Waals surface area contributed by atoms with Crippen LogP contribution in [0.25, 0.3) is 0 Å². The molecule has 1 atom stereocenters. The highest BCUT2D eigenvalue weighted by molar-refractivity contribution is 6.11. The van der Waals surface area contributed by atoms with Gasteiger partial charge in [-0.1, -0.05) is 35.9 Å². The first-order valence-corrected chi connectivity index (χ1v) is 6.85. The number of hydrogen-bond acceptors (Lipinski definition) is 2. The van der Waals surface area contributed by atoms with Crippen LogP contribution in [0.5, 0.6) is 0 Å². The minimum atomic E-state index is -0.615. The highest BCUT2D eigenvalue weighted by atomic mass is 16.2. The molecule has 0 aromatic heterocycles. The van der Waals surface area contributed by atoms with E-state index in [0.717, 1.165) is 16.8 Å². The number of para-hydroxylation sites is 1. The average Bonchev–Trinajstić information content (AvgIpc) is 2.86. The van der Waals surface area contributed by atoms with E-state index >= 15 is 0 Å². The zero-order valence-electron chi connectivity index (χ0n) is 11.7. The number of anilines is 1. The number of hydrogen-bond donors (Lipinski definition) is 1. The van der Waals surface area contributed by atoms with Crippen LogP contribution in [0, 0.1) is 6.92 Å². The van der Waals surface area contributed by atoms with Gasteiger partial charge in [0.1, 0.15) is 6.04 Å². The summed E-state index contributed by atoms with van der Waals surface area (Å²) in [4.78, 5) is 26.0. The predicted octanol–water partition coefficient (Wildman–Crippen LogP) is 2.05. The molecule has 2 aromatic rings. The number of rotatable bonds is 2. The fraction of sp³-hybridized carbons (Fsp3) is 0.176. The summed E-state index contributed by atoms with van der Waals surface area (Å²) in [6.07, 6.45) is 0.475. The topological polar surface area (TPSA) is 63.4 Å². The lowest BCUT2D eigenvalue weighted by atomic mass is 10.1. The lowest BCUT2D eigenvalue weighted by Crippen LogP contribution is -2.46. The first-order valence-electron chi connectivity index (χ1n) is 6.85. The van der Waals surface area contributed by atoms with Gasteiger partial charge in [0, 0.05) is 17.7 Å². The van der Waals surface area contributed by atoms with Crippen LogP contribution in [0.4, 0.5) is 5.69 Å². The SMILES string of the molecule is Cc1cccc(C(=O)N2c3ccccc3CC2C(N)=O)c1. The third-order valence-corrected chi connectivity index (χ3v) is 3.79. The largest absolute Gasteiger partial charge is 0.368 e. The second kappa shape index (κ2) is 5.05. The fourth-order valence-electron chi connectivity index (χ4n) is 2.78. The Labute approximate surface area is 123 Å². The van der Waals surface area contributed by atoms with Crippen molar-refractivity contribution >= 4 is 17.5 Å². The Hall–Kier alpha value is -2.62. The number of carbonyl (C=O) groups excluding carboxylic acids is 2. The van der Waals surface area contributed by atoms with Gasteiger partial charge in [-0.15, -0.1) is 0 Å². The minimum absolute atomic E-state index is 0.188. The molecule has 0 aliphatic carbocycles. The van der Waals surface area contributed by atoms with E-state index < -0.39 is 11.9 Å². The maximum absolute atomic E-state index is 12.8. The van der Waals surface area contributed by atoms with E-state index in [1.165, 1.54) is 4.90 Å². The highest BCUT2D eigenvalue weighted by Gasteiger charge is 2.37. The van der Waals surface area contributed by atoms with Crippen LogP contribution in [0.15, 0.2) is 48.5 Å². The molecule has 1 aliphatic heterocycles. The molecule has 1 unspecified atom stereocenters. The number of nitrogens with two attached hydrogens (primary N) is 1. The van der Waals surface area contributed by atoms with Crippen LogP contribution in [-0.2, 0) is 11.2 Å². The quantitative estimate of drug-likeness (QED) is 0.915. The van der Waals surface area contributed by atoms with Gasteiger partial charge < -0.3 is 5.73 Å². The van der Waals surface area contributed by atoms with Gasteiger partial charge in [-0.25, -0.2) is 0 Å². The Morgan fingerprint density at radius 1 is 1.14 bits per heavy atom. The van der Waals surface area contributed by atoms with Crippen molar-refractivity contribution in [1.82, 2.24) is 0 Å². The number of benzene rings is 2. The predicted molar refractivity (Wildman–Crippen MR) is 81.1 cm³/mol. The molecule has 21 heavy (non-hydrogen) atoms. The van der Waals surface area contributed by atoms with Crippen LogP contribution in [-0.4, -0.2) is 17.9 Å². The smallest absolute Gasteiger partial charge is 0.259 e. The summed E-state index contributed by atoms with van der Waals surface area (Å²) >= 11 is 0. The summed E-state index contributed by atoms with van der Waals surface area (Å²) in [6.45, 7) is 1.93. The van der Waals surface area contributed by atoms with E-state index in [9.17, 15) is 9.59 Å². The zero-order chi connectivity index (χ0) is 15.0. The van der Waals surface area contributed by atoms with Crippen LogP contribution in [0.2, 0.25) is 0 Å². The van der Waals surface area contributed by atoms with E-state index in [1.54, 1.807) is 6.07 Å². The summed E-state index contributed by atoms with van der Waals surface area (Å²) in [5.41, 5.74) is 8.80. The third-order valence-electron chi connectivity index (χ3n) is 3.79. The summed E-state index contributed by atoms with van der Waals surface area (Å²) in [5.74, 6) is -0.667. The van der Waals surface area contributed by atoms with Gasteiger partial charge in [0.2, 0.25) is 5.91 Å². The van der Waals surface area contributed by atoms with Gasteiger partial charge in [-0.3, -0.25) is 14.5 Å². The van der Waals surface area contributed by atoms with Crippen molar-refractivity contribution in [1.29, 1.82) is 0 Å². The average molecular weight is 280 g/mol. The van der Waals surface area contributed by atoms with Gasteiger partial charge in [-0.05, 0) is 30.7 Å². The Bertz CT molecular complexity index is 724. The molecule has 3 rings (SSSR count). The Morgan fingerprint density at radius 2 is 1.90 bits per heavy atom. The molecule has 0 saturated heterocycles. The van der Waals surface area contributed by atoms with Gasteiger partial charge >= 0.3 is 0 Å². The minimum Gasteiger partial charge on any atom is -0.368 e. The molecule has 1 heterocycles. The fourth-order valence-corrected chi connectivity index (χ4v) is 2.78. The normalized spacial score (nSPS) is 16.6. The molecule has 106 valence electrons. The monoisotopic (exact) mass is 280 g/mol. The summed E-state index contributed by atoms with van der Waals surface area (Å²) in [5, 5.41) is 0. The van der Waals surface area contributed by atoms with E-state index in [2.05, 4.69) is 0 Å². The molecule has 0 bridgehead atoms. The molecule has 0 spiro atoms. The maximum atomic E-state index is 12.8. The van der Waals surface area contributed by atoms with E-state index in [0.29, 0.717) is 12.0 Å².